The number of ether oxygens (including phenoxy) is 2. The van der Waals surface area contributed by atoms with E-state index in [1.807, 2.05) is 22.6 Å². The number of benzene rings is 2. The maximum atomic E-state index is 13.2. The van der Waals surface area contributed by atoms with Crippen molar-refractivity contribution in [3.05, 3.63) is 57.4 Å². The van der Waals surface area contributed by atoms with Crippen molar-refractivity contribution in [1.29, 1.82) is 0 Å². The molecule has 2 aromatic rings. The van der Waals surface area contributed by atoms with E-state index >= 15 is 0 Å². The smallest absolute Gasteiger partial charge is 0.411 e. The minimum Gasteiger partial charge on any atom is -0.450 e. The quantitative estimate of drug-likeness (QED) is 0.449. The average Bonchev–Trinajstić information content (AvgIpc) is 2.52. The van der Waals surface area contributed by atoms with Gasteiger partial charge in [-0.25, -0.2) is 14.0 Å². The zero-order valence-corrected chi connectivity index (χ0v) is 14.3. The first-order chi connectivity index (χ1) is 11.0. The van der Waals surface area contributed by atoms with Gasteiger partial charge in [0.1, 0.15) is 11.6 Å². The Hall–Kier alpha value is -2.16. The normalized spacial score (nSPS) is 10.0. The standard InChI is InChI=1S/C16H13FINO4/c1-2-22-16(21)19-11-4-6-12(7-5-11)23-15(20)13-9-10(17)3-8-14(13)18/h3-9H,2H2,1H3,(H,19,21). The molecule has 0 fully saturated rings. The number of anilines is 1. The van der Waals surface area contributed by atoms with Crippen LogP contribution >= 0.6 is 22.6 Å². The summed E-state index contributed by atoms with van der Waals surface area (Å²) >= 11 is 1.93. The van der Waals surface area contributed by atoms with Crippen molar-refractivity contribution in [3.8, 4) is 5.75 Å². The van der Waals surface area contributed by atoms with Crippen molar-refractivity contribution >= 4 is 40.3 Å². The maximum absolute atomic E-state index is 13.2. The maximum Gasteiger partial charge on any atom is 0.411 e. The highest BCUT2D eigenvalue weighted by Gasteiger charge is 2.13. The van der Waals surface area contributed by atoms with Crippen molar-refractivity contribution in [2.24, 2.45) is 0 Å². The predicted molar refractivity (Wildman–Crippen MR) is 91.2 cm³/mol. The largest absolute Gasteiger partial charge is 0.450 e. The fourth-order valence-electron chi connectivity index (χ4n) is 1.71. The van der Waals surface area contributed by atoms with Gasteiger partial charge in [0.15, 0.2) is 0 Å². The second-order valence-electron chi connectivity index (χ2n) is 4.38. The van der Waals surface area contributed by atoms with Crippen molar-refractivity contribution in [3.63, 3.8) is 0 Å². The highest BCUT2D eigenvalue weighted by Crippen LogP contribution is 2.20. The molecular formula is C16H13FINO4. The molecule has 23 heavy (non-hydrogen) atoms. The molecule has 0 spiro atoms. The number of nitrogens with one attached hydrogen (secondary N) is 1. The van der Waals surface area contributed by atoms with Crippen LogP contribution in [0.3, 0.4) is 0 Å². The third-order valence-electron chi connectivity index (χ3n) is 2.74. The summed E-state index contributed by atoms with van der Waals surface area (Å²) in [6.45, 7) is 1.98. The topological polar surface area (TPSA) is 64.6 Å². The van der Waals surface area contributed by atoms with Crippen LogP contribution in [0.15, 0.2) is 42.5 Å². The van der Waals surface area contributed by atoms with E-state index in [1.54, 1.807) is 19.1 Å². The Morgan fingerprint density at radius 3 is 2.52 bits per heavy atom. The molecule has 1 N–H and O–H groups in total. The molecule has 0 saturated carbocycles. The average molecular weight is 429 g/mol. The van der Waals surface area contributed by atoms with E-state index < -0.39 is 17.9 Å². The number of amides is 1. The summed E-state index contributed by atoms with van der Waals surface area (Å²) in [5.41, 5.74) is 0.655. The summed E-state index contributed by atoms with van der Waals surface area (Å²) in [6.07, 6.45) is -0.563. The predicted octanol–water partition coefficient (Wildman–Crippen LogP) is 4.22. The molecule has 5 nitrogen and oxygen atoms in total. The van der Waals surface area contributed by atoms with Crippen molar-refractivity contribution in [2.75, 3.05) is 11.9 Å². The lowest BCUT2D eigenvalue weighted by Gasteiger charge is -2.08. The molecule has 2 rings (SSSR count). The van der Waals surface area contributed by atoms with Gasteiger partial charge in [0.25, 0.3) is 0 Å². The number of hydrogen-bond acceptors (Lipinski definition) is 4. The summed E-state index contributed by atoms with van der Waals surface area (Å²) in [4.78, 5) is 23.3. The van der Waals surface area contributed by atoms with E-state index in [9.17, 15) is 14.0 Å². The number of hydrogen-bond donors (Lipinski definition) is 1. The first kappa shape index (κ1) is 17.2. The summed E-state index contributed by atoms with van der Waals surface area (Å²) in [6, 6.07) is 10.1. The highest BCUT2D eigenvalue weighted by atomic mass is 127. The summed E-state index contributed by atoms with van der Waals surface area (Å²) in [5.74, 6) is -0.879. The van der Waals surface area contributed by atoms with Crippen molar-refractivity contribution < 1.29 is 23.5 Å². The molecule has 0 aliphatic carbocycles. The van der Waals surface area contributed by atoms with E-state index in [0.717, 1.165) is 6.07 Å². The van der Waals surface area contributed by atoms with E-state index in [-0.39, 0.29) is 17.9 Å². The molecule has 0 radical (unpaired) electrons. The molecule has 0 bridgehead atoms. The van der Waals surface area contributed by atoms with Gasteiger partial charge in [0.2, 0.25) is 0 Å². The van der Waals surface area contributed by atoms with Gasteiger partial charge in [-0.1, -0.05) is 0 Å². The lowest BCUT2D eigenvalue weighted by atomic mass is 10.2. The zero-order valence-electron chi connectivity index (χ0n) is 12.1. The molecule has 0 aliphatic heterocycles. The third-order valence-corrected chi connectivity index (χ3v) is 3.68. The molecule has 0 unspecified atom stereocenters. The Bertz CT molecular complexity index is 719. The van der Waals surface area contributed by atoms with Crippen LogP contribution in [0.1, 0.15) is 17.3 Å². The van der Waals surface area contributed by atoms with Gasteiger partial charge in [-0.2, -0.15) is 0 Å². The molecule has 0 aromatic heterocycles. The summed E-state index contributed by atoms with van der Waals surface area (Å²) in [5, 5.41) is 2.52. The lowest BCUT2D eigenvalue weighted by Crippen LogP contribution is -2.13. The van der Waals surface area contributed by atoms with Crippen LogP contribution in [0, 0.1) is 9.39 Å². The molecule has 0 aliphatic rings. The fourth-order valence-corrected chi connectivity index (χ4v) is 2.26. The Morgan fingerprint density at radius 2 is 1.87 bits per heavy atom. The SMILES string of the molecule is CCOC(=O)Nc1ccc(OC(=O)c2cc(F)ccc2I)cc1. The van der Waals surface area contributed by atoms with Crippen LogP contribution in [-0.4, -0.2) is 18.7 Å². The molecular weight excluding hydrogens is 416 g/mol. The molecule has 2 aromatic carbocycles. The molecule has 120 valence electrons. The van der Waals surface area contributed by atoms with Gasteiger partial charge in [-0.15, -0.1) is 0 Å². The van der Waals surface area contributed by atoms with Gasteiger partial charge >= 0.3 is 12.1 Å². The van der Waals surface area contributed by atoms with E-state index in [0.29, 0.717) is 9.26 Å². The third kappa shape index (κ3) is 4.92. The minimum atomic E-state index is -0.653. The van der Waals surface area contributed by atoms with Gasteiger partial charge in [-0.05, 0) is 72.0 Å². The number of carbonyl (C=O) groups is 2. The van der Waals surface area contributed by atoms with Crippen LogP contribution in [-0.2, 0) is 4.74 Å². The Morgan fingerprint density at radius 1 is 1.17 bits per heavy atom. The van der Waals surface area contributed by atoms with E-state index in [2.05, 4.69) is 5.32 Å². The number of rotatable bonds is 4. The second kappa shape index (κ2) is 7.91. The first-order valence-electron chi connectivity index (χ1n) is 6.70. The van der Waals surface area contributed by atoms with Crippen LogP contribution in [0.5, 0.6) is 5.75 Å². The molecule has 0 heterocycles. The molecule has 7 heteroatoms. The van der Waals surface area contributed by atoms with Gasteiger partial charge in [0, 0.05) is 9.26 Å². The van der Waals surface area contributed by atoms with Crippen LogP contribution in [0.2, 0.25) is 0 Å². The van der Waals surface area contributed by atoms with E-state index in [1.165, 1.54) is 24.3 Å². The Balaban J connectivity index is 2.04. The van der Waals surface area contributed by atoms with Gasteiger partial charge in [0.05, 0.1) is 12.2 Å². The highest BCUT2D eigenvalue weighted by molar-refractivity contribution is 14.1. The first-order valence-corrected chi connectivity index (χ1v) is 7.78. The number of carbonyl (C=O) groups excluding carboxylic acids is 2. The molecule has 0 atom stereocenters. The summed E-state index contributed by atoms with van der Waals surface area (Å²) < 4.78 is 23.8. The Kier molecular flexibility index (Phi) is 5.91. The van der Waals surface area contributed by atoms with Gasteiger partial charge in [-0.3, -0.25) is 5.32 Å². The van der Waals surface area contributed by atoms with Gasteiger partial charge < -0.3 is 9.47 Å². The lowest BCUT2D eigenvalue weighted by molar-refractivity contribution is 0.0733. The number of esters is 1. The monoisotopic (exact) mass is 429 g/mol. The van der Waals surface area contributed by atoms with Crippen LogP contribution < -0.4 is 10.1 Å². The molecule has 1 amide bonds. The second-order valence-corrected chi connectivity index (χ2v) is 5.55. The Labute approximate surface area is 145 Å². The van der Waals surface area contributed by atoms with Crippen LogP contribution in [0.25, 0.3) is 0 Å². The van der Waals surface area contributed by atoms with Crippen molar-refractivity contribution in [1.82, 2.24) is 0 Å². The number of halogens is 2. The minimum absolute atomic E-state index is 0.152. The van der Waals surface area contributed by atoms with Crippen LogP contribution in [0.4, 0.5) is 14.9 Å². The zero-order chi connectivity index (χ0) is 16.8. The van der Waals surface area contributed by atoms with Crippen molar-refractivity contribution in [2.45, 2.75) is 6.92 Å². The molecule has 0 saturated heterocycles. The fraction of sp³-hybridized carbons (Fsp3) is 0.125. The van der Waals surface area contributed by atoms with E-state index in [4.69, 9.17) is 9.47 Å². The summed E-state index contributed by atoms with van der Waals surface area (Å²) in [7, 11) is 0.